The van der Waals surface area contributed by atoms with Crippen molar-refractivity contribution in [2.24, 2.45) is 0 Å². The first kappa shape index (κ1) is 19.2. The average Bonchev–Trinajstić information content (AvgIpc) is 2.64. The Balaban J connectivity index is 2.34. The van der Waals surface area contributed by atoms with E-state index in [1.165, 1.54) is 0 Å². The highest BCUT2D eigenvalue weighted by Crippen LogP contribution is 2.49. The maximum Gasteiger partial charge on any atom is 0.210 e. The summed E-state index contributed by atoms with van der Waals surface area (Å²) in [5, 5.41) is 11.1. The van der Waals surface area contributed by atoms with E-state index in [0.29, 0.717) is 29.2 Å². The highest BCUT2D eigenvalue weighted by molar-refractivity contribution is 9.11. The molecule has 0 radical (unpaired) electrons. The third kappa shape index (κ3) is 2.99. The summed E-state index contributed by atoms with van der Waals surface area (Å²) in [6, 6.07) is 11.6. The van der Waals surface area contributed by atoms with E-state index in [1.54, 1.807) is 6.07 Å². The van der Waals surface area contributed by atoms with Crippen LogP contribution in [0.1, 0.15) is 5.56 Å². The zero-order valence-electron chi connectivity index (χ0n) is 13.7. The van der Waals surface area contributed by atoms with Crippen LogP contribution < -0.4 is 5.43 Å². The van der Waals surface area contributed by atoms with Crippen molar-refractivity contribution in [3.63, 3.8) is 0 Å². The molecule has 3 nitrogen and oxygen atoms in total. The molecule has 0 unspecified atom stereocenters. The van der Waals surface area contributed by atoms with Gasteiger partial charge in [0, 0.05) is 16.5 Å². The second-order valence-corrected chi connectivity index (χ2v) is 9.36. The minimum atomic E-state index is -0.196. The summed E-state index contributed by atoms with van der Waals surface area (Å²) in [4.78, 5) is 12.4. The second-order valence-electron chi connectivity index (χ2n) is 6.07. The zero-order chi connectivity index (χ0) is 19.5. The van der Waals surface area contributed by atoms with Crippen LogP contribution in [0.3, 0.4) is 0 Å². The van der Waals surface area contributed by atoms with Gasteiger partial charge in [-0.2, -0.15) is 0 Å². The van der Waals surface area contributed by atoms with Gasteiger partial charge in [0.05, 0.1) is 8.95 Å². The zero-order valence-corrected chi connectivity index (χ0v) is 20.1. The lowest BCUT2D eigenvalue weighted by Crippen LogP contribution is -2.06. The number of phenols is 1. The summed E-state index contributed by atoms with van der Waals surface area (Å²) in [6.07, 6.45) is 0. The van der Waals surface area contributed by atoms with Crippen molar-refractivity contribution < 1.29 is 9.52 Å². The van der Waals surface area contributed by atoms with E-state index in [2.05, 4.69) is 63.7 Å². The number of hydrogen-bond acceptors (Lipinski definition) is 3. The molecule has 0 fully saturated rings. The number of fused-ring (bicyclic) bond motifs is 2. The van der Waals surface area contributed by atoms with Crippen LogP contribution in [-0.2, 0) is 0 Å². The summed E-state index contributed by atoms with van der Waals surface area (Å²) in [6.45, 7) is 2.04. The molecule has 0 saturated heterocycles. The molecule has 136 valence electrons. The number of aromatic hydroxyl groups is 1. The summed E-state index contributed by atoms with van der Waals surface area (Å²) in [5.41, 5.74) is 4.09. The molecule has 1 N–H and O–H groups in total. The van der Waals surface area contributed by atoms with Gasteiger partial charge < -0.3 is 9.52 Å². The van der Waals surface area contributed by atoms with Crippen molar-refractivity contribution in [3.8, 4) is 28.2 Å². The molecular formula is C20H10Br4O3. The van der Waals surface area contributed by atoms with Gasteiger partial charge in [-0.25, -0.2) is 0 Å². The summed E-state index contributed by atoms with van der Waals surface area (Å²) in [5.74, 6) is 0.466. The Kier molecular flexibility index (Phi) is 4.99. The van der Waals surface area contributed by atoms with E-state index in [9.17, 15) is 9.90 Å². The van der Waals surface area contributed by atoms with Crippen LogP contribution in [-0.4, -0.2) is 5.11 Å². The Hall–Kier alpha value is -1.15. The van der Waals surface area contributed by atoms with Crippen molar-refractivity contribution in [1.29, 1.82) is 0 Å². The van der Waals surface area contributed by atoms with Gasteiger partial charge in [0.15, 0.2) is 11.3 Å². The molecule has 1 heterocycles. The summed E-state index contributed by atoms with van der Waals surface area (Å²) in [7, 11) is 0. The van der Waals surface area contributed by atoms with Crippen molar-refractivity contribution in [3.05, 3.63) is 70.1 Å². The Morgan fingerprint density at radius 3 is 2.33 bits per heavy atom. The van der Waals surface area contributed by atoms with Gasteiger partial charge in [-0.15, -0.1) is 0 Å². The standard InChI is InChI=1S/C20H10Br4O3/c1-8-4-2-3-5-9(8)14-10-6-12(21)17(25)15(23)19(10)27-20-11(14)7-13(22)18(26)16(20)24/h2-7,25H,1H3. The number of benzene rings is 3. The normalized spacial score (nSPS) is 11.4. The van der Waals surface area contributed by atoms with Gasteiger partial charge in [0.1, 0.15) is 14.7 Å². The maximum atomic E-state index is 12.4. The van der Waals surface area contributed by atoms with Gasteiger partial charge in [-0.1, -0.05) is 24.3 Å². The number of rotatable bonds is 1. The monoisotopic (exact) mass is 614 g/mol. The number of phenolic OH excluding ortho intramolecular Hbond substituents is 1. The molecule has 1 aliphatic heterocycles. The molecular weight excluding hydrogens is 608 g/mol. The molecule has 27 heavy (non-hydrogen) atoms. The van der Waals surface area contributed by atoms with Crippen LogP contribution in [0.5, 0.6) is 5.75 Å². The summed E-state index contributed by atoms with van der Waals surface area (Å²) >= 11 is 13.6. The van der Waals surface area contributed by atoms with E-state index < -0.39 is 0 Å². The van der Waals surface area contributed by atoms with Crippen molar-refractivity contribution in [2.45, 2.75) is 6.92 Å². The van der Waals surface area contributed by atoms with E-state index in [4.69, 9.17) is 4.42 Å². The predicted molar refractivity (Wildman–Crippen MR) is 122 cm³/mol. The maximum absolute atomic E-state index is 12.4. The second kappa shape index (κ2) is 7.03. The van der Waals surface area contributed by atoms with Crippen molar-refractivity contribution in [1.82, 2.24) is 0 Å². The first-order chi connectivity index (χ1) is 12.8. The van der Waals surface area contributed by atoms with Gasteiger partial charge >= 0.3 is 0 Å². The number of halogens is 4. The van der Waals surface area contributed by atoms with E-state index >= 15 is 0 Å². The molecule has 0 saturated carbocycles. The average molecular weight is 618 g/mol. The summed E-state index contributed by atoms with van der Waals surface area (Å²) < 4.78 is 7.83. The van der Waals surface area contributed by atoms with Crippen LogP contribution in [0.2, 0.25) is 0 Å². The van der Waals surface area contributed by atoms with Crippen LogP contribution in [0.25, 0.3) is 33.4 Å². The fourth-order valence-corrected chi connectivity index (χ4v) is 5.54. The van der Waals surface area contributed by atoms with Gasteiger partial charge in [0.25, 0.3) is 0 Å². The number of aryl methyl sites for hydroxylation is 1. The molecule has 7 heteroatoms. The van der Waals surface area contributed by atoms with Crippen molar-refractivity contribution >= 4 is 74.7 Å². The molecule has 4 rings (SSSR count). The van der Waals surface area contributed by atoms with E-state index in [-0.39, 0.29) is 11.2 Å². The Bertz CT molecular complexity index is 1260. The molecule has 2 aromatic rings. The first-order valence-corrected chi connectivity index (χ1v) is 11.0. The third-order valence-corrected chi connectivity index (χ3v) is 7.09. The van der Waals surface area contributed by atoms with Gasteiger partial charge in [-0.05, 0) is 93.9 Å². The molecule has 0 atom stereocenters. The largest absolute Gasteiger partial charge is 0.505 e. The molecule has 2 aromatic carbocycles. The third-order valence-electron chi connectivity index (χ3n) is 4.44. The van der Waals surface area contributed by atoms with Crippen LogP contribution in [0.4, 0.5) is 0 Å². The highest BCUT2D eigenvalue weighted by atomic mass is 79.9. The Labute approximate surface area is 188 Å². The minimum Gasteiger partial charge on any atom is -0.505 e. The first-order valence-electron chi connectivity index (χ1n) is 7.82. The fraction of sp³-hybridized carbons (Fsp3) is 0.0500. The molecule has 0 bridgehead atoms. The van der Waals surface area contributed by atoms with E-state index in [0.717, 1.165) is 27.6 Å². The molecule has 1 aliphatic carbocycles. The van der Waals surface area contributed by atoms with Crippen LogP contribution in [0, 0.1) is 6.92 Å². The van der Waals surface area contributed by atoms with Crippen molar-refractivity contribution in [2.75, 3.05) is 0 Å². The topological polar surface area (TPSA) is 50.4 Å². The lowest BCUT2D eigenvalue weighted by molar-refractivity contribution is 0.467. The molecule has 0 amide bonds. The van der Waals surface area contributed by atoms with Crippen LogP contribution >= 0.6 is 63.7 Å². The fourth-order valence-electron chi connectivity index (χ4n) is 3.14. The smallest absolute Gasteiger partial charge is 0.210 e. The SMILES string of the molecule is Cc1ccccc1-c1c2cc(Br)c(=O)c(Br)c-2oc2c(Br)c(O)c(Br)cc12. The van der Waals surface area contributed by atoms with Gasteiger partial charge in [0.2, 0.25) is 5.43 Å². The molecule has 0 aromatic heterocycles. The van der Waals surface area contributed by atoms with Gasteiger partial charge in [-0.3, -0.25) is 4.79 Å². The van der Waals surface area contributed by atoms with Crippen LogP contribution in [0.15, 0.2) is 63.5 Å². The Morgan fingerprint density at radius 2 is 1.63 bits per heavy atom. The number of hydrogen-bond donors (Lipinski definition) is 1. The van der Waals surface area contributed by atoms with E-state index in [1.807, 2.05) is 37.3 Å². The molecule has 2 aliphatic rings. The molecule has 0 spiro atoms. The Morgan fingerprint density at radius 1 is 0.926 bits per heavy atom. The lowest BCUT2D eigenvalue weighted by Gasteiger charge is -2.19. The lowest BCUT2D eigenvalue weighted by atomic mass is 9.91. The predicted octanol–water partition coefficient (Wildman–Crippen LogP) is 7.63. The quantitative estimate of drug-likeness (QED) is 0.224. The highest BCUT2D eigenvalue weighted by Gasteiger charge is 2.25. The minimum absolute atomic E-state index is 0.0388.